The van der Waals surface area contributed by atoms with E-state index < -0.39 is 22.0 Å². The molecule has 0 aliphatic rings. The van der Waals surface area contributed by atoms with Crippen molar-refractivity contribution in [2.45, 2.75) is 6.92 Å². The van der Waals surface area contributed by atoms with Gasteiger partial charge in [-0.1, -0.05) is 0 Å². The molecular weight excluding hydrogens is 254 g/mol. The van der Waals surface area contributed by atoms with Gasteiger partial charge in [-0.2, -0.15) is 0 Å². The summed E-state index contributed by atoms with van der Waals surface area (Å²) in [7, 11) is 0. The molecule has 0 amide bonds. The SMILES string of the molecule is Cc1c(-c2ccc([N+](=O)[O-])cc2)oc(O)c(O)c1=O. The fourth-order valence-corrected chi connectivity index (χ4v) is 1.61. The van der Waals surface area contributed by atoms with Gasteiger partial charge in [0, 0.05) is 23.3 Å². The molecule has 98 valence electrons. The summed E-state index contributed by atoms with van der Waals surface area (Å²) in [5.41, 5.74) is -0.372. The van der Waals surface area contributed by atoms with E-state index in [2.05, 4.69) is 0 Å². The van der Waals surface area contributed by atoms with Crippen LogP contribution in [0, 0.1) is 17.0 Å². The number of nitrogens with zero attached hydrogens (tertiary/aromatic N) is 1. The van der Waals surface area contributed by atoms with E-state index in [0.29, 0.717) is 5.56 Å². The minimum Gasteiger partial charge on any atom is -0.499 e. The highest BCUT2D eigenvalue weighted by Gasteiger charge is 2.17. The van der Waals surface area contributed by atoms with Crippen LogP contribution in [0.2, 0.25) is 0 Å². The zero-order valence-electron chi connectivity index (χ0n) is 9.78. The van der Waals surface area contributed by atoms with Gasteiger partial charge in [0.25, 0.3) is 5.69 Å². The van der Waals surface area contributed by atoms with Crippen LogP contribution in [0.25, 0.3) is 11.3 Å². The lowest BCUT2D eigenvalue weighted by Gasteiger charge is -2.05. The first-order valence-corrected chi connectivity index (χ1v) is 5.22. The molecule has 2 aromatic rings. The third-order valence-electron chi connectivity index (χ3n) is 2.64. The van der Waals surface area contributed by atoms with Gasteiger partial charge >= 0.3 is 5.95 Å². The molecular formula is C12H9NO6. The van der Waals surface area contributed by atoms with Crippen molar-refractivity contribution in [1.82, 2.24) is 0 Å². The van der Waals surface area contributed by atoms with Crippen molar-refractivity contribution in [3.63, 3.8) is 0 Å². The molecule has 0 saturated carbocycles. The fraction of sp³-hybridized carbons (Fsp3) is 0.0833. The number of nitro benzene ring substituents is 1. The van der Waals surface area contributed by atoms with Crippen LogP contribution in [0.5, 0.6) is 11.7 Å². The van der Waals surface area contributed by atoms with Gasteiger partial charge in [-0.05, 0) is 19.1 Å². The Balaban J connectivity index is 2.59. The van der Waals surface area contributed by atoms with Crippen molar-refractivity contribution in [2.75, 3.05) is 0 Å². The van der Waals surface area contributed by atoms with E-state index in [-0.39, 0.29) is 17.0 Å². The fourth-order valence-electron chi connectivity index (χ4n) is 1.61. The molecule has 0 bridgehead atoms. The Labute approximate surface area is 106 Å². The number of non-ortho nitro benzene ring substituents is 1. The zero-order valence-corrected chi connectivity index (χ0v) is 9.78. The number of hydrogen-bond donors (Lipinski definition) is 2. The van der Waals surface area contributed by atoms with E-state index in [1.807, 2.05) is 0 Å². The molecule has 1 aromatic heterocycles. The van der Waals surface area contributed by atoms with Crippen LogP contribution in [0.3, 0.4) is 0 Å². The van der Waals surface area contributed by atoms with Crippen molar-refractivity contribution < 1.29 is 19.6 Å². The predicted octanol–water partition coefficient (Wildman–Crippen LogP) is 1.93. The van der Waals surface area contributed by atoms with E-state index in [4.69, 9.17) is 4.42 Å². The Bertz CT molecular complexity index is 701. The second-order valence-electron chi connectivity index (χ2n) is 3.84. The Kier molecular flexibility index (Phi) is 2.95. The first-order chi connectivity index (χ1) is 8.91. The molecule has 1 aromatic carbocycles. The van der Waals surface area contributed by atoms with Crippen molar-refractivity contribution in [1.29, 1.82) is 0 Å². The van der Waals surface area contributed by atoms with Gasteiger partial charge in [0.05, 0.1) is 4.92 Å². The molecule has 0 radical (unpaired) electrons. The lowest BCUT2D eigenvalue weighted by molar-refractivity contribution is -0.384. The van der Waals surface area contributed by atoms with Gasteiger partial charge < -0.3 is 14.6 Å². The molecule has 0 saturated heterocycles. The van der Waals surface area contributed by atoms with Gasteiger partial charge in [0.2, 0.25) is 11.2 Å². The number of hydrogen-bond acceptors (Lipinski definition) is 6. The van der Waals surface area contributed by atoms with Crippen LogP contribution in [0.15, 0.2) is 33.5 Å². The maximum Gasteiger partial charge on any atom is 0.330 e. The molecule has 0 fully saturated rings. The second-order valence-corrected chi connectivity index (χ2v) is 3.84. The van der Waals surface area contributed by atoms with Crippen LogP contribution < -0.4 is 5.43 Å². The number of rotatable bonds is 2. The molecule has 19 heavy (non-hydrogen) atoms. The Morgan fingerprint density at radius 2 is 1.79 bits per heavy atom. The average Bonchev–Trinajstić information content (AvgIpc) is 2.40. The topological polar surface area (TPSA) is 114 Å². The molecule has 7 heteroatoms. The Hall–Kier alpha value is -2.83. The molecule has 0 atom stereocenters. The maximum absolute atomic E-state index is 11.6. The first-order valence-electron chi connectivity index (χ1n) is 5.22. The lowest BCUT2D eigenvalue weighted by Crippen LogP contribution is -2.06. The van der Waals surface area contributed by atoms with Gasteiger partial charge in [-0.3, -0.25) is 14.9 Å². The number of benzene rings is 1. The van der Waals surface area contributed by atoms with E-state index >= 15 is 0 Å². The van der Waals surface area contributed by atoms with Crippen molar-refractivity contribution >= 4 is 5.69 Å². The molecule has 0 spiro atoms. The van der Waals surface area contributed by atoms with Gasteiger partial charge in [-0.15, -0.1) is 0 Å². The standard InChI is InChI=1S/C12H9NO6/c1-6-9(14)10(15)12(16)19-11(6)7-2-4-8(5-3-7)13(17)18/h2-5,15-16H,1H3. The van der Waals surface area contributed by atoms with E-state index in [1.165, 1.54) is 31.2 Å². The first kappa shape index (κ1) is 12.6. The van der Waals surface area contributed by atoms with Gasteiger partial charge in [0.1, 0.15) is 5.76 Å². The second kappa shape index (κ2) is 4.45. The highest BCUT2D eigenvalue weighted by atomic mass is 16.6. The van der Waals surface area contributed by atoms with Crippen molar-refractivity contribution in [2.24, 2.45) is 0 Å². The van der Waals surface area contributed by atoms with Crippen molar-refractivity contribution in [3.8, 4) is 23.0 Å². The highest BCUT2D eigenvalue weighted by molar-refractivity contribution is 5.63. The largest absolute Gasteiger partial charge is 0.499 e. The minimum atomic E-state index is -0.885. The molecule has 0 aliphatic carbocycles. The number of aromatic hydroxyl groups is 2. The Morgan fingerprint density at radius 1 is 1.21 bits per heavy atom. The normalized spacial score (nSPS) is 10.4. The molecule has 0 aliphatic heterocycles. The lowest BCUT2D eigenvalue weighted by atomic mass is 10.1. The molecule has 1 heterocycles. The Morgan fingerprint density at radius 3 is 2.32 bits per heavy atom. The van der Waals surface area contributed by atoms with E-state index in [9.17, 15) is 25.1 Å². The van der Waals surface area contributed by atoms with Gasteiger partial charge in [0.15, 0.2) is 0 Å². The highest BCUT2D eigenvalue weighted by Crippen LogP contribution is 2.30. The summed E-state index contributed by atoms with van der Waals surface area (Å²) in [5.74, 6) is -1.69. The summed E-state index contributed by atoms with van der Waals surface area (Å²) in [6.07, 6.45) is 0. The summed E-state index contributed by atoms with van der Waals surface area (Å²) in [6, 6.07) is 5.27. The summed E-state index contributed by atoms with van der Waals surface area (Å²) in [4.78, 5) is 21.6. The average molecular weight is 263 g/mol. The third-order valence-corrected chi connectivity index (χ3v) is 2.64. The smallest absolute Gasteiger partial charge is 0.330 e. The van der Waals surface area contributed by atoms with E-state index in [1.54, 1.807) is 0 Å². The van der Waals surface area contributed by atoms with Crippen LogP contribution in [0.4, 0.5) is 5.69 Å². The molecule has 7 nitrogen and oxygen atoms in total. The molecule has 2 rings (SSSR count). The predicted molar refractivity (Wildman–Crippen MR) is 65.1 cm³/mol. The third kappa shape index (κ3) is 2.13. The van der Waals surface area contributed by atoms with Crippen LogP contribution in [0.1, 0.15) is 5.56 Å². The van der Waals surface area contributed by atoms with Crippen LogP contribution in [-0.2, 0) is 0 Å². The monoisotopic (exact) mass is 263 g/mol. The van der Waals surface area contributed by atoms with Crippen LogP contribution >= 0.6 is 0 Å². The number of nitro groups is 1. The summed E-state index contributed by atoms with van der Waals surface area (Å²) in [5, 5.41) is 29.0. The zero-order chi connectivity index (χ0) is 14.2. The summed E-state index contributed by atoms with van der Waals surface area (Å²) >= 11 is 0. The van der Waals surface area contributed by atoms with Gasteiger partial charge in [-0.25, -0.2) is 0 Å². The van der Waals surface area contributed by atoms with Crippen LogP contribution in [-0.4, -0.2) is 15.1 Å². The van der Waals surface area contributed by atoms with E-state index in [0.717, 1.165) is 0 Å². The molecule has 0 unspecified atom stereocenters. The maximum atomic E-state index is 11.6. The molecule has 2 N–H and O–H groups in total. The quantitative estimate of drug-likeness (QED) is 0.632. The summed E-state index contributed by atoms with van der Waals surface area (Å²) in [6.45, 7) is 1.42. The summed E-state index contributed by atoms with van der Waals surface area (Å²) < 4.78 is 4.94. The minimum absolute atomic E-state index is 0.0511. The van der Waals surface area contributed by atoms with Crippen molar-refractivity contribution in [3.05, 3.63) is 50.2 Å².